The van der Waals surface area contributed by atoms with Crippen LogP contribution in [0.4, 0.5) is 5.82 Å². The minimum Gasteiger partial charge on any atom is -0.686 e. The molecule has 0 aliphatic carbocycles. The quantitative estimate of drug-likeness (QED) is 0.513. The maximum Gasteiger partial charge on any atom is 0.116 e. The number of hydrogen-bond donors (Lipinski definition) is 0. The molecule has 0 radical (unpaired) electrons. The fourth-order valence-corrected chi connectivity index (χ4v) is 1.38. The van der Waals surface area contributed by atoms with Crippen LogP contribution in [0.2, 0.25) is 0 Å². The molecule has 10 heavy (non-hydrogen) atoms. The van der Waals surface area contributed by atoms with Crippen molar-refractivity contribution in [1.29, 1.82) is 0 Å². The molecular formula is C7H7N2S-. The summed E-state index contributed by atoms with van der Waals surface area (Å²) in [6.07, 6.45) is 5.93. The van der Waals surface area contributed by atoms with E-state index in [4.69, 9.17) is 12.8 Å². The van der Waals surface area contributed by atoms with Gasteiger partial charge in [-0.05, 0) is 30.7 Å². The third-order valence-corrected chi connectivity index (χ3v) is 1.96. The normalized spacial score (nSPS) is 15.2. The molecule has 1 aromatic rings. The van der Waals surface area contributed by atoms with E-state index in [1.54, 1.807) is 3.97 Å². The van der Waals surface area contributed by atoms with Gasteiger partial charge in [0.05, 0.1) is 0 Å². The Bertz CT molecular complexity index is 275. The smallest absolute Gasteiger partial charge is 0.116 e. The summed E-state index contributed by atoms with van der Waals surface area (Å²) in [7, 11) is 0. The van der Waals surface area contributed by atoms with Gasteiger partial charge >= 0.3 is 0 Å². The Morgan fingerprint density at radius 3 is 3.30 bits per heavy atom. The zero-order chi connectivity index (χ0) is 6.97. The first kappa shape index (κ1) is 5.92. The molecule has 2 rings (SSSR count). The van der Waals surface area contributed by atoms with Gasteiger partial charge in [0.25, 0.3) is 0 Å². The molecule has 0 saturated heterocycles. The van der Waals surface area contributed by atoms with Gasteiger partial charge in [0.2, 0.25) is 0 Å². The summed E-state index contributed by atoms with van der Waals surface area (Å²) in [6, 6.07) is 2.04. The van der Waals surface area contributed by atoms with Crippen molar-refractivity contribution in [2.45, 2.75) is 12.8 Å². The zero-order valence-corrected chi connectivity index (χ0v) is 6.27. The highest BCUT2D eigenvalue weighted by Gasteiger charge is 2.04. The van der Waals surface area contributed by atoms with E-state index < -0.39 is 0 Å². The molecule has 0 unspecified atom stereocenters. The molecule has 3 heteroatoms. The van der Waals surface area contributed by atoms with Gasteiger partial charge in [-0.3, -0.25) is 0 Å². The third kappa shape index (κ3) is 0.743. The Labute approximate surface area is 65.1 Å². The first-order valence-corrected chi connectivity index (χ1v) is 3.65. The van der Waals surface area contributed by atoms with Gasteiger partial charge in [-0.1, -0.05) is 0 Å². The summed E-state index contributed by atoms with van der Waals surface area (Å²) in [5.74, 6) is 0.946. The second-order valence-electron chi connectivity index (χ2n) is 2.34. The molecule has 0 bridgehead atoms. The molecule has 52 valence electrons. The molecule has 0 fully saturated rings. The van der Waals surface area contributed by atoms with Crippen LogP contribution < -0.4 is 0 Å². The topological polar surface area (TPSA) is 17.3 Å². The number of fused-ring (bicyclic) bond motifs is 1. The second kappa shape index (κ2) is 2.09. The molecule has 0 aromatic carbocycles. The molecule has 0 amide bonds. The fourth-order valence-electron chi connectivity index (χ4n) is 1.15. The van der Waals surface area contributed by atoms with Crippen LogP contribution in [0, 0.1) is 0 Å². The van der Waals surface area contributed by atoms with Gasteiger partial charge in [-0.2, -0.15) is 0 Å². The van der Waals surface area contributed by atoms with Crippen LogP contribution >= 0.6 is 0 Å². The lowest BCUT2D eigenvalue weighted by Gasteiger charge is -2.12. The van der Waals surface area contributed by atoms with Gasteiger partial charge in [0.1, 0.15) is 5.82 Å². The molecule has 2 heterocycles. The average Bonchev–Trinajstić information content (AvgIpc) is 2.34. The summed E-state index contributed by atoms with van der Waals surface area (Å²) in [5.41, 5.74) is 1.28. The van der Waals surface area contributed by atoms with Crippen molar-refractivity contribution in [1.82, 2.24) is 3.97 Å². The van der Waals surface area contributed by atoms with Gasteiger partial charge in [0, 0.05) is 6.21 Å². The highest BCUT2D eigenvalue weighted by molar-refractivity contribution is 7.57. The standard InChI is InChI=1S/C7H7N2S/c10-9-5-3-6-2-1-4-8-7(6)9/h3-5H,1-2H2/q-1. The Kier molecular flexibility index (Phi) is 1.24. The van der Waals surface area contributed by atoms with Crippen LogP contribution in [0.5, 0.6) is 0 Å². The lowest BCUT2D eigenvalue weighted by atomic mass is 10.1. The largest absolute Gasteiger partial charge is 0.686 e. The van der Waals surface area contributed by atoms with Crippen molar-refractivity contribution in [2.75, 3.05) is 0 Å². The summed E-state index contributed by atoms with van der Waals surface area (Å²) in [5, 5.41) is 0. The molecule has 0 N–H and O–H groups in total. The Morgan fingerprint density at radius 2 is 2.50 bits per heavy atom. The van der Waals surface area contributed by atoms with Crippen LogP contribution in [0.3, 0.4) is 0 Å². The highest BCUT2D eigenvalue weighted by atomic mass is 32.1. The van der Waals surface area contributed by atoms with Crippen LogP contribution in [0.25, 0.3) is 0 Å². The van der Waals surface area contributed by atoms with Crippen molar-refractivity contribution >= 4 is 24.8 Å². The molecule has 1 aliphatic rings. The van der Waals surface area contributed by atoms with E-state index in [0.717, 1.165) is 18.7 Å². The number of hydrogen-bond acceptors (Lipinski definition) is 2. The van der Waals surface area contributed by atoms with Gasteiger partial charge < -0.3 is 16.8 Å². The zero-order valence-electron chi connectivity index (χ0n) is 5.45. The van der Waals surface area contributed by atoms with Gasteiger partial charge in [-0.25, -0.2) is 4.99 Å². The van der Waals surface area contributed by atoms with E-state index in [1.807, 2.05) is 18.5 Å². The molecular weight excluding hydrogens is 144 g/mol. The van der Waals surface area contributed by atoms with E-state index in [1.165, 1.54) is 5.56 Å². The van der Waals surface area contributed by atoms with Gasteiger partial charge in [-0.15, -0.1) is 0 Å². The monoisotopic (exact) mass is 151 g/mol. The molecule has 0 atom stereocenters. The predicted octanol–water partition coefficient (Wildman–Crippen LogP) is 1.45. The van der Waals surface area contributed by atoms with E-state index >= 15 is 0 Å². The predicted molar refractivity (Wildman–Crippen MR) is 43.7 cm³/mol. The molecule has 0 saturated carbocycles. The number of aryl methyl sites for hydroxylation is 1. The lowest BCUT2D eigenvalue weighted by Crippen LogP contribution is -1.93. The average molecular weight is 151 g/mol. The summed E-state index contributed by atoms with van der Waals surface area (Å²) in [6.45, 7) is 0. The Hall–Kier alpha value is -0.830. The number of nitrogens with zero attached hydrogens (tertiary/aromatic N) is 2. The van der Waals surface area contributed by atoms with Crippen LogP contribution in [-0.4, -0.2) is 10.2 Å². The van der Waals surface area contributed by atoms with E-state index in [9.17, 15) is 0 Å². The van der Waals surface area contributed by atoms with Crippen LogP contribution in [0.1, 0.15) is 12.0 Å². The Balaban J connectivity index is 2.57. The molecule has 0 spiro atoms. The van der Waals surface area contributed by atoms with Crippen molar-refractivity contribution in [3.05, 3.63) is 17.8 Å². The van der Waals surface area contributed by atoms with Crippen LogP contribution in [0.15, 0.2) is 17.3 Å². The lowest BCUT2D eigenvalue weighted by molar-refractivity contribution is 1.02. The van der Waals surface area contributed by atoms with Gasteiger partial charge in [0.15, 0.2) is 0 Å². The minimum absolute atomic E-state index is 0.946. The van der Waals surface area contributed by atoms with Crippen molar-refractivity contribution in [2.24, 2.45) is 4.99 Å². The van der Waals surface area contributed by atoms with Crippen LogP contribution in [-0.2, 0) is 19.2 Å². The SMILES string of the molecule is [S-]n1ccc2c1N=CCC2. The van der Waals surface area contributed by atoms with E-state index in [0.29, 0.717) is 0 Å². The first-order valence-electron chi connectivity index (χ1n) is 3.28. The van der Waals surface area contributed by atoms with E-state index in [-0.39, 0.29) is 0 Å². The van der Waals surface area contributed by atoms with Crippen molar-refractivity contribution in [3.63, 3.8) is 0 Å². The summed E-state index contributed by atoms with van der Waals surface area (Å²) >= 11 is 4.98. The van der Waals surface area contributed by atoms with E-state index in [2.05, 4.69) is 4.99 Å². The number of aliphatic imine (C=N–C) groups is 1. The molecule has 2 nitrogen and oxygen atoms in total. The second-order valence-corrected chi connectivity index (χ2v) is 2.73. The first-order chi connectivity index (χ1) is 4.88. The maximum atomic E-state index is 4.98. The maximum absolute atomic E-state index is 4.98. The summed E-state index contributed by atoms with van der Waals surface area (Å²) in [4.78, 5) is 4.19. The highest BCUT2D eigenvalue weighted by Crippen LogP contribution is 2.23. The number of aromatic nitrogens is 1. The third-order valence-electron chi connectivity index (χ3n) is 1.66. The Morgan fingerprint density at radius 1 is 1.60 bits per heavy atom. The fraction of sp³-hybridized carbons (Fsp3) is 0.286. The minimum atomic E-state index is 0.946. The molecule has 1 aromatic heterocycles. The van der Waals surface area contributed by atoms with Crippen molar-refractivity contribution < 1.29 is 0 Å². The van der Waals surface area contributed by atoms with Crippen molar-refractivity contribution in [3.8, 4) is 0 Å². The summed E-state index contributed by atoms with van der Waals surface area (Å²) < 4.78 is 1.64. The molecule has 1 aliphatic heterocycles. The number of rotatable bonds is 0.